The Hall–Kier alpha value is -1.13. The van der Waals surface area contributed by atoms with Gasteiger partial charge in [0, 0.05) is 44.0 Å². The van der Waals surface area contributed by atoms with Gasteiger partial charge in [0.2, 0.25) is 0 Å². The molecule has 1 saturated carbocycles. The van der Waals surface area contributed by atoms with Crippen LogP contribution >= 0.6 is 0 Å². The first kappa shape index (κ1) is 12.9. The molecule has 1 aromatic heterocycles. The molecular weight excluding hydrogens is 238 g/mol. The molecule has 2 fully saturated rings. The maximum absolute atomic E-state index is 9.35. The van der Waals surface area contributed by atoms with Crippen molar-refractivity contribution >= 4 is 5.82 Å². The standard InChI is InChI=1S/C15H23N3O/c19-11-12-3-2-8-18(10-12)15-13(4-1-7-16-15)9-17-14-5-6-14/h1,4,7,12,14,17,19H,2-3,5-6,8-11H2. The van der Waals surface area contributed by atoms with E-state index in [0.717, 1.165) is 44.3 Å². The summed E-state index contributed by atoms with van der Waals surface area (Å²) in [5.41, 5.74) is 1.29. The topological polar surface area (TPSA) is 48.4 Å². The highest BCUT2D eigenvalue weighted by Crippen LogP contribution is 2.25. The summed E-state index contributed by atoms with van der Waals surface area (Å²) in [7, 11) is 0. The van der Waals surface area contributed by atoms with Gasteiger partial charge in [-0.3, -0.25) is 0 Å². The van der Waals surface area contributed by atoms with Gasteiger partial charge in [-0.1, -0.05) is 6.07 Å². The number of aliphatic hydroxyl groups excluding tert-OH is 1. The Kier molecular flexibility index (Phi) is 3.99. The maximum atomic E-state index is 9.35. The fourth-order valence-electron chi connectivity index (χ4n) is 2.80. The van der Waals surface area contributed by atoms with Crippen molar-refractivity contribution in [2.45, 2.75) is 38.3 Å². The van der Waals surface area contributed by atoms with Crippen molar-refractivity contribution in [3.63, 3.8) is 0 Å². The first-order valence-electron chi connectivity index (χ1n) is 7.40. The molecule has 0 aromatic carbocycles. The molecule has 2 N–H and O–H groups in total. The van der Waals surface area contributed by atoms with E-state index in [2.05, 4.69) is 21.3 Å². The molecule has 0 spiro atoms. The van der Waals surface area contributed by atoms with E-state index in [-0.39, 0.29) is 0 Å². The zero-order valence-corrected chi connectivity index (χ0v) is 11.4. The predicted molar refractivity (Wildman–Crippen MR) is 76.1 cm³/mol. The third kappa shape index (κ3) is 3.25. The fraction of sp³-hybridized carbons (Fsp3) is 0.667. The second-order valence-electron chi connectivity index (χ2n) is 5.78. The number of aromatic nitrogens is 1. The number of piperidine rings is 1. The number of rotatable bonds is 5. The number of pyridine rings is 1. The molecule has 0 bridgehead atoms. The van der Waals surface area contributed by atoms with Crippen LogP contribution in [-0.4, -0.2) is 35.8 Å². The van der Waals surface area contributed by atoms with Gasteiger partial charge in [0.15, 0.2) is 0 Å². The molecule has 4 heteroatoms. The van der Waals surface area contributed by atoms with Crippen molar-refractivity contribution in [2.24, 2.45) is 5.92 Å². The molecule has 0 amide bonds. The van der Waals surface area contributed by atoms with Crippen molar-refractivity contribution in [1.29, 1.82) is 0 Å². The molecule has 0 radical (unpaired) electrons. The summed E-state index contributed by atoms with van der Waals surface area (Å²) in [4.78, 5) is 6.92. The average molecular weight is 261 g/mol. The Morgan fingerprint density at radius 1 is 1.37 bits per heavy atom. The van der Waals surface area contributed by atoms with E-state index in [4.69, 9.17) is 0 Å². The minimum absolute atomic E-state index is 0.291. The van der Waals surface area contributed by atoms with Crippen molar-refractivity contribution < 1.29 is 5.11 Å². The van der Waals surface area contributed by atoms with Gasteiger partial charge < -0.3 is 15.3 Å². The highest BCUT2D eigenvalue weighted by molar-refractivity contribution is 5.47. The number of hydrogen-bond acceptors (Lipinski definition) is 4. The molecule has 1 aliphatic heterocycles. The van der Waals surface area contributed by atoms with Crippen LogP contribution in [0.15, 0.2) is 18.3 Å². The van der Waals surface area contributed by atoms with Crippen LogP contribution in [0, 0.1) is 5.92 Å². The summed E-state index contributed by atoms with van der Waals surface area (Å²) >= 11 is 0. The summed E-state index contributed by atoms with van der Waals surface area (Å²) < 4.78 is 0. The molecule has 104 valence electrons. The minimum atomic E-state index is 0.291. The first-order valence-corrected chi connectivity index (χ1v) is 7.40. The van der Waals surface area contributed by atoms with E-state index < -0.39 is 0 Å². The van der Waals surface area contributed by atoms with Gasteiger partial charge in [-0.05, 0) is 37.7 Å². The molecule has 1 aliphatic carbocycles. The van der Waals surface area contributed by atoms with Crippen LogP contribution in [0.1, 0.15) is 31.2 Å². The van der Waals surface area contributed by atoms with Crippen LogP contribution in [0.4, 0.5) is 5.82 Å². The van der Waals surface area contributed by atoms with E-state index in [0.29, 0.717) is 12.5 Å². The highest BCUT2D eigenvalue weighted by Gasteiger charge is 2.24. The first-order chi connectivity index (χ1) is 9.36. The number of anilines is 1. The monoisotopic (exact) mass is 261 g/mol. The summed E-state index contributed by atoms with van der Waals surface area (Å²) in [6, 6.07) is 4.90. The number of nitrogens with one attached hydrogen (secondary N) is 1. The van der Waals surface area contributed by atoms with Gasteiger partial charge in [-0.15, -0.1) is 0 Å². The summed E-state index contributed by atoms with van der Waals surface area (Å²) in [5, 5.41) is 12.9. The van der Waals surface area contributed by atoms with Crippen LogP contribution in [0.25, 0.3) is 0 Å². The van der Waals surface area contributed by atoms with Gasteiger partial charge in [-0.2, -0.15) is 0 Å². The second kappa shape index (κ2) is 5.88. The zero-order chi connectivity index (χ0) is 13.1. The van der Waals surface area contributed by atoms with Gasteiger partial charge in [0.1, 0.15) is 5.82 Å². The average Bonchev–Trinajstić information content (AvgIpc) is 3.30. The lowest BCUT2D eigenvalue weighted by Gasteiger charge is -2.33. The third-order valence-electron chi connectivity index (χ3n) is 4.10. The molecule has 1 atom stereocenters. The van der Waals surface area contributed by atoms with Crippen LogP contribution in [0.5, 0.6) is 0 Å². The normalized spacial score (nSPS) is 23.6. The molecule has 1 unspecified atom stereocenters. The largest absolute Gasteiger partial charge is 0.396 e. The lowest BCUT2D eigenvalue weighted by Crippen LogP contribution is -2.38. The molecule has 1 saturated heterocycles. The van der Waals surface area contributed by atoms with Crippen molar-refractivity contribution in [3.05, 3.63) is 23.9 Å². The molecule has 2 heterocycles. The molecule has 4 nitrogen and oxygen atoms in total. The Labute approximate surface area is 114 Å². The number of nitrogens with zero attached hydrogens (tertiary/aromatic N) is 2. The van der Waals surface area contributed by atoms with Crippen LogP contribution in [0.3, 0.4) is 0 Å². The Balaban J connectivity index is 1.70. The van der Waals surface area contributed by atoms with Gasteiger partial charge >= 0.3 is 0 Å². The highest BCUT2D eigenvalue weighted by atomic mass is 16.3. The molecule has 2 aliphatic rings. The van der Waals surface area contributed by atoms with E-state index in [1.54, 1.807) is 0 Å². The molecular formula is C15H23N3O. The van der Waals surface area contributed by atoms with Crippen LogP contribution in [-0.2, 0) is 6.54 Å². The Morgan fingerprint density at radius 3 is 3.05 bits per heavy atom. The lowest BCUT2D eigenvalue weighted by molar-refractivity contribution is 0.208. The van der Waals surface area contributed by atoms with E-state index >= 15 is 0 Å². The van der Waals surface area contributed by atoms with Crippen LogP contribution < -0.4 is 10.2 Å². The molecule has 1 aromatic rings. The summed E-state index contributed by atoms with van der Waals surface area (Å²) in [6.07, 6.45) is 6.78. The Bertz CT molecular complexity index is 420. The van der Waals surface area contributed by atoms with Gasteiger partial charge in [0.05, 0.1) is 0 Å². The van der Waals surface area contributed by atoms with Gasteiger partial charge in [-0.25, -0.2) is 4.98 Å². The van der Waals surface area contributed by atoms with Crippen molar-refractivity contribution in [3.8, 4) is 0 Å². The third-order valence-corrected chi connectivity index (χ3v) is 4.10. The van der Waals surface area contributed by atoms with E-state index in [1.807, 2.05) is 12.3 Å². The number of hydrogen-bond donors (Lipinski definition) is 2. The van der Waals surface area contributed by atoms with Crippen molar-refractivity contribution in [2.75, 3.05) is 24.6 Å². The van der Waals surface area contributed by atoms with Gasteiger partial charge in [0.25, 0.3) is 0 Å². The summed E-state index contributed by atoms with van der Waals surface area (Å²) in [5.74, 6) is 1.51. The molecule has 3 rings (SSSR count). The smallest absolute Gasteiger partial charge is 0.133 e. The number of aliphatic hydroxyl groups is 1. The second-order valence-corrected chi connectivity index (χ2v) is 5.78. The van der Waals surface area contributed by atoms with E-state index in [9.17, 15) is 5.11 Å². The minimum Gasteiger partial charge on any atom is -0.396 e. The fourth-order valence-corrected chi connectivity index (χ4v) is 2.80. The van der Waals surface area contributed by atoms with Crippen molar-refractivity contribution in [1.82, 2.24) is 10.3 Å². The quantitative estimate of drug-likeness (QED) is 0.844. The maximum Gasteiger partial charge on any atom is 0.133 e. The Morgan fingerprint density at radius 2 is 2.26 bits per heavy atom. The SMILES string of the molecule is OCC1CCCN(c2ncccc2CNC2CC2)C1. The van der Waals surface area contributed by atoms with E-state index in [1.165, 1.54) is 18.4 Å². The zero-order valence-electron chi connectivity index (χ0n) is 11.4. The lowest BCUT2D eigenvalue weighted by atomic mass is 9.98. The van der Waals surface area contributed by atoms with Crippen LogP contribution in [0.2, 0.25) is 0 Å². The predicted octanol–water partition coefficient (Wildman–Crippen LogP) is 1.54. The summed E-state index contributed by atoms with van der Waals surface area (Å²) in [6.45, 7) is 3.20. The molecule has 19 heavy (non-hydrogen) atoms.